The van der Waals surface area contributed by atoms with Crippen LogP contribution in [0.2, 0.25) is 10.0 Å². The van der Waals surface area contributed by atoms with E-state index in [4.69, 9.17) is 32.7 Å². The van der Waals surface area contributed by atoms with Gasteiger partial charge in [-0.2, -0.15) is 0 Å². The van der Waals surface area contributed by atoms with Crippen LogP contribution in [0.25, 0.3) is 0 Å². The summed E-state index contributed by atoms with van der Waals surface area (Å²) in [6.07, 6.45) is -0.949. The summed E-state index contributed by atoms with van der Waals surface area (Å²) in [5.74, 6) is -0.462. The molecular formula is C28H21Cl2N3O7S. The second kappa shape index (κ2) is 11.0. The van der Waals surface area contributed by atoms with Crippen molar-refractivity contribution in [1.82, 2.24) is 5.32 Å². The van der Waals surface area contributed by atoms with Crippen LogP contribution in [0, 0.1) is 10.1 Å². The van der Waals surface area contributed by atoms with Crippen LogP contribution in [0.4, 0.5) is 11.4 Å². The van der Waals surface area contributed by atoms with Gasteiger partial charge >= 0.3 is 5.97 Å². The SMILES string of the molecule is COC(=O)[C@@]1(c2ccc(Cl)cc2)N[C@@H](c2ccc([N+](=O)[O-])cc2)Oc2ccc(NS(=O)(=O)c3ccc(Cl)cc3)cc21. The molecule has 0 unspecified atom stereocenters. The molecule has 41 heavy (non-hydrogen) atoms. The molecule has 0 spiro atoms. The number of halogens is 2. The summed E-state index contributed by atoms with van der Waals surface area (Å²) >= 11 is 12.0. The fourth-order valence-corrected chi connectivity index (χ4v) is 5.85. The van der Waals surface area contributed by atoms with E-state index < -0.39 is 32.7 Å². The lowest BCUT2D eigenvalue weighted by Gasteiger charge is -2.42. The summed E-state index contributed by atoms with van der Waals surface area (Å²) in [6, 6.07) is 22.3. The third-order valence-corrected chi connectivity index (χ3v) is 8.43. The number of anilines is 1. The van der Waals surface area contributed by atoms with Crippen LogP contribution in [-0.4, -0.2) is 26.4 Å². The Morgan fingerprint density at radius 1 is 0.976 bits per heavy atom. The molecule has 0 aliphatic carbocycles. The average molecular weight is 614 g/mol. The van der Waals surface area contributed by atoms with E-state index in [0.717, 1.165) is 0 Å². The number of carbonyl (C=O) groups is 1. The van der Waals surface area contributed by atoms with Gasteiger partial charge in [0.1, 0.15) is 5.75 Å². The number of nitrogens with zero attached hydrogens (tertiary/aromatic N) is 1. The Kier molecular flexibility index (Phi) is 7.62. The number of ether oxygens (including phenoxy) is 2. The largest absolute Gasteiger partial charge is 0.471 e. The van der Waals surface area contributed by atoms with E-state index in [1.807, 2.05) is 0 Å². The molecule has 1 heterocycles. The van der Waals surface area contributed by atoms with Crippen LogP contribution in [0.5, 0.6) is 5.75 Å². The molecule has 0 radical (unpaired) electrons. The zero-order valence-electron chi connectivity index (χ0n) is 21.2. The van der Waals surface area contributed by atoms with Gasteiger partial charge in [0.25, 0.3) is 15.7 Å². The zero-order valence-corrected chi connectivity index (χ0v) is 23.5. The number of nitrogens with one attached hydrogen (secondary N) is 2. The number of rotatable bonds is 7. The summed E-state index contributed by atoms with van der Waals surface area (Å²) in [5.41, 5.74) is -0.458. The minimum Gasteiger partial charge on any atom is -0.471 e. The molecule has 10 nitrogen and oxygen atoms in total. The number of nitro groups is 1. The van der Waals surface area contributed by atoms with E-state index in [9.17, 15) is 23.3 Å². The smallest absolute Gasteiger partial charge is 0.335 e. The van der Waals surface area contributed by atoms with Gasteiger partial charge in [0, 0.05) is 39.0 Å². The minimum absolute atomic E-state index is 0.0100. The van der Waals surface area contributed by atoms with Gasteiger partial charge < -0.3 is 9.47 Å². The first-order valence-corrected chi connectivity index (χ1v) is 14.2. The minimum atomic E-state index is -4.01. The lowest BCUT2D eigenvalue weighted by atomic mass is 9.80. The number of hydrogen-bond donors (Lipinski definition) is 2. The van der Waals surface area contributed by atoms with Crippen LogP contribution < -0.4 is 14.8 Å². The van der Waals surface area contributed by atoms with Crippen LogP contribution >= 0.6 is 23.2 Å². The van der Waals surface area contributed by atoms with Crippen LogP contribution in [-0.2, 0) is 25.1 Å². The number of nitro benzene ring substituents is 1. The molecule has 4 aromatic rings. The van der Waals surface area contributed by atoms with Gasteiger partial charge in [-0.1, -0.05) is 35.3 Å². The van der Waals surface area contributed by atoms with Gasteiger partial charge in [-0.3, -0.25) is 20.2 Å². The average Bonchev–Trinajstić information content (AvgIpc) is 2.96. The van der Waals surface area contributed by atoms with E-state index in [2.05, 4.69) is 10.0 Å². The molecule has 0 bridgehead atoms. The fraction of sp³-hybridized carbons (Fsp3) is 0.107. The highest BCUT2D eigenvalue weighted by Gasteiger charge is 2.50. The van der Waals surface area contributed by atoms with Crippen molar-refractivity contribution < 1.29 is 27.6 Å². The Morgan fingerprint density at radius 2 is 1.59 bits per heavy atom. The number of sulfonamides is 1. The first-order chi connectivity index (χ1) is 19.5. The molecule has 2 atom stereocenters. The van der Waals surface area contributed by atoms with Crippen molar-refractivity contribution >= 4 is 50.6 Å². The van der Waals surface area contributed by atoms with Gasteiger partial charge in [-0.05, 0) is 72.3 Å². The summed E-state index contributed by atoms with van der Waals surface area (Å²) in [5, 5.41) is 15.2. The van der Waals surface area contributed by atoms with Crippen molar-refractivity contribution in [2.75, 3.05) is 11.8 Å². The maximum atomic E-state index is 13.7. The van der Waals surface area contributed by atoms with E-state index in [-0.39, 0.29) is 27.6 Å². The Morgan fingerprint density at radius 3 is 2.17 bits per heavy atom. The molecular weight excluding hydrogens is 593 g/mol. The van der Waals surface area contributed by atoms with Crippen molar-refractivity contribution in [3.8, 4) is 5.75 Å². The highest BCUT2D eigenvalue weighted by atomic mass is 35.5. The van der Waals surface area contributed by atoms with Crippen molar-refractivity contribution in [1.29, 1.82) is 0 Å². The number of methoxy groups -OCH3 is 1. The van der Waals surface area contributed by atoms with Crippen molar-refractivity contribution in [3.05, 3.63) is 128 Å². The molecule has 5 rings (SSSR count). The van der Waals surface area contributed by atoms with E-state index >= 15 is 0 Å². The van der Waals surface area contributed by atoms with Gasteiger partial charge in [0.15, 0.2) is 11.8 Å². The van der Waals surface area contributed by atoms with Crippen molar-refractivity contribution in [3.63, 3.8) is 0 Å². The van der Waals surface area contributed by atoms with Gasteiger partial charge in [-0.15, -0.1) is 0 Å². The fourth-order valence-electron chi connectivity index (χ4n) is 4.55. The Hall–Kier alpha value is -4.16. The van der Waals surface area contributed by atoms with Crippen molar-refractivity contribution in [2.24, 2.45) is 0 Å². The second-order valence-corrected chi connectivity index (χ2v) is 11.6. The molecule has 4 aromatic carbocycles. The van der Waals surface area contributed by atoms with Gasteiger partial charge in [0.05, 0.1) is 16.9 Å². The normalized spacial score (nSPS) is 18.1. The third-order valence-electron chi connectivity index (χ3n) is 6.53. The van der Waals surface area contributed by atoms with E-state index in [1.165, 1.54) is 73.8 Å². The Bertz CT molecular complexity index is 1730. The number of esters is 1. The highest BCUT2D eigenvalue weighted by Crippen LogP contribution is 2.45. The van der Waals surface area contributed by atoms with Crippen molar-refractivity contribution in [2.45, 2.75) is 16.7 Å². The molecule has 1 aliphatic rings. The maximum absolute atomic E-state index is 13.7. The van der Waals surface area contributed by atoms with E-state index in [0.29, 0.717) is 21.2 Å². The molecule has 13 heteroatoms. The number of carbonyl (C=O) groups excluding carboxylic acids is 1. The molecule has 210 valence electrons. The molecule has 1 aliphatic heterocycles. The lowest BCUT2D eigenvalue weighted by molar-refractivity contribution is -0.384. The lowest BCUT2D eigenvalue weighted by Crippen LogP contribution is -2.56. The highest BCUT2D eigenvalue weighted by molar-refractivity contribution is 7.92. The predicted molar refractivity (Wildman–Crippen MR) is 153 cm³/mol. The standard InChI is InChI=1S/C28H21Cl2N3O7S/c1-39-27(34)28(18-4-6-19(29)7-5-18)24-16-21(32-41(37,38)23-13-8-20(30)9-14-23)10-15-25(24)40-26(31-28)17-2-11-22(12-3-17)33(35)36/h2-16,26,31-32H,1H3/t26-,28+/m1/s1. The summed E-state index contributed by atoms with van der Waals surface area (Å²) in [7, 11) is -2.79. The number of fused-ring (bicyclic) bond motifs is 1. The monoisotopic (exact) mass is 613 g/mol. The zero-order chi connectivity index (χ0) is 29.4. The predicted octanol–water partition coefficient (Wildman–Crippen LogP) is 5.80. The Balaban J connectivity index is 1.65. The first kappa shape index (κ1) is 28.4. The molecule has 0 aromatic heterocycles. The molecule has 0 fully saturated rings. The maximum Gasteiger partial charge on any atom is 0.335 e. The number of hydrogen-bond acceptors (Lipinski definition) is 8. The molecule has 0 saturated heterocycles. The second-order valence-electron chi connectivity index (χ2n) is 9.01. The number of non-ortho nitro benzene ring substituents is 1. The van der Waals surface area contributed by atoms with Crippen LogP contribution in [0.3, 0.4) is 0 Å². The molecule has 0 amide bonds. The summed E-state index contributed by atoms with van der Waals surface area (Å²) < 4.78 is 40.2. The van der Waals surface area contributed by atoms with Crippen LogP contribution in [0.15, 0.2) is 95.9 Å². The van der Waals surface area contributed by atoms with Gasteiger partial charge in [-0.25, -0.2) is 13.2 Å². The first-order valence-electron chi connectivity index (χ1n) is 12.0. The molecule has 0 saturated carbocycles. The number of benzene rings is 4. The summed E-state index contributed by atoms with van der Waals surface area (Å²) in [6.45, 7) is 0. The molecule has 2 N–H and O–H groups in total. The van der Waals surface area contributed by atoms with Crippen LogP contribution in [0.1, 0.15) is 22.9 Å². The quantitative estimate of drug-likeness (QED) is 0.151. The van der Waals surface area contributed by atoms with E-state index in [1.54, 1.807) is 24.3 Å². The Labute approximate surface area is 245 Å². The topological polar surface area (TPSA) is 137 Å². The van der Waals surface area contributed by atoms with Gasteiger partial charge in [0.2, 0.25) is 0 Å². The third kappa shape index (κ3) is 5.44. The summed E-state index contributed by atoms with van der Waals surface area (Å²) in [4.78, 5) is 24.3.